The van der Waals surface area contributed by atoms with Crippen LogP contribution in [0.1, 0.15) is 31.1 Å². The molecule has 0 heterocycles. The number of ether oxygens (including phenoxy) is 1. The smallest absolute Gasteiger partial charge is 0.407 e. The molecule has 0 saturated heterocycles. The third kappa shape index (κ3) is 6.03. The summed E-state index contributed by atoms with van der Waals surface area (Å²) >= 11 is 3.35. The lowest BCUT2D eigenvalue weighted by Gasteiger charge is -2.29. The number of carbonyl (C=O) groups excluding carboxylic acids is 1. The van der Waals surface area contributed by atoms with E-state index in [1.165, 1.54) is 16.9 Å². The van der Waals surface area contributed by atoms with Crippen molar-refractivity contribution in [3.8, 4) is 5.75 Å². The Morgan fingerprint density at radius 3 is 2.38 bits per heavy atom. The fraction of sp³-hybridized carbons (Fsp3) is 0.529. The molecular formula is C17H25BrN2O4. The van der Waals surface area contributed by atoms with E-state index in [4.69, 9.17) is 4.74 Å². The van der Waals surface area contributed by atoms with Crippen LogP contribution in [0.3, 0.4) is 0 Å². The van der Waals surface area contributed by atoms with Crippen LogP contribution >= 0.6 is 15.9 Å². The molecule has 0 aliphatic heterocycles. The van der Waals surface area contributed by atoms with Crippen LogP contribution in [0.4, 0.5) is 4.79 Å². The first kappa shape index (κ1) is 20.3. The second-order valence-corrected chi connectivity index (χ2v) is 7.70. The van der Waals surface area contributed by atoms with E-state index < -0.39 is 6.09 Å². The van der Waals surface area contributed by atoms with Crippen molar-refractivity contribution in [3.05, 3.63) is 28.2 Å². The van der Waals surface area contributed by atoms with E-state index in [1.807, 2.05) is 20.8 Å². The number of halogens is 1. The van der Waals surface area contributed by atoms with E-state index in [1.54, 1.807) is 25.2 Å². The summed E-state index contributed by atoms with van der Waals surface area (Å²) in [5.74, 6) is 0.399. The molecule has 0 aliphatic carbocycles. The molecule has 0 aromatic heterocycles. The minimum Gasteiger partial charge on any atom is -0.496 e. The van der Waals surface area contributed by atoms with Crippen molar-refractivity contribution >= 4 is 27.9 Å². The zero-order valence-corrected chi connectivity index (χ0v) is 16.4. The minimum absolute atomic E-state index is 0.139. The van der Waals surface area contributed by atoms with Crippen molar-refractivity contribution in [2.24, 2.45) is 5.41 Å². The third-order valence-corrected chi connectivity index (χ3v) is 4.04. The van der Waals surface area contributed by atoms with Crippen LogP contribution in [0.15, 0.2) is 22.7 Å². The number of benzene rings is 1. The van der Waals surface area contributed by atoms with Crippen molar-refractivity contribution in [2.45, 2.75) is 20.8 Å². The third-order valence-electron chi connectivity index (χ3n) is 3.39. The average Bonchev–Trinajstić information content (AvgIpc) is 2.49. The summed E-state index contributed by atoms with van der Waals surface area (Å²) < 4.78 is 5.97. The number of rotatable bonds is 6. The lowest BCUT2D eigenvalue weighted by atomic mass is 9.96. The summed E-state index contributed by atoms with van der Waals surface area (Å²) in [5.41, 5.74) is 0.357. The lowest BCUT2D eigenvalue weighted by Crippen LogP contribution is -2.42. The Labute approximate surface area is 151 Å². The molecule has 1 aromatic carbocycles. The van der Waals surface area contributed by atoms with Crippen molar-refractivity contribution in [1.82, 2.24) is 9.80 Å². The molecule has 7 heteroatoms. The molecule has 0 saturated carbocycles. The minimum atomic E-state index is -0.976. The Morgan fingerprint density at radius 1 is 1.25 bits per heavy atom. The Bertz CT molecular complexity index is 599. The van der Waals surface area contributed by atoms with E-state index in [-0.39, 0.29) is 17.9 Å². The zero-order chi connectivity index (χ0) is 18.5. The van der Waals surface area contributed by atoms with Crippen molar-refractivity contribution < 1.29 is 19.4 Å². The summed E-state index contributed by atoms with van der Waals surface area (Å²) in [6, 6.07) is 5.12. The van der Waals surface area contributed by atoms with Crippen LogP contribution in [-0.4, -0.2) is 60.7 Å². The number of hydrogen-bond acceptors (Lipinski definition) is 3. The topological polar surface area (TPSA) is 70.1 Å². The molecule has 1 rings (SSSR count). The molecular weight excluding hydrogens is 376 g/mol. The highest BCUT2D eigenvalue weighted by Gasteiger charge is 2.22. The Morgan fingerprint density at radius 2 is 1.88 bits per heavy atom. The quantitative estimate of drug-likeness (QED) is 0.792. The first-order valence-electron chi connectivity index (χ1n) is 7.62. The molecule has 0 bridgehead atoms. The van der Waals surface area contributed by atoms with Gasteiger partial charge >= 0.3 is 6.09 Å². The van der Waals surface area contributed by atoms with Crippen molar-refractivity contribution in [3.63, 3.8) is 0 Å². The Balaban J connectivity index is 2.74. The predicted molar refractivity (Wildman–Crippen MR) is 96.7 cm³/mol. The van der Waals surface area contributed by atoms with E-state index >= 15 is 0 Å². The van der Waals surface area contributed by atoms with Crippen LogP contribution in [0.5, 0.6) is 5.75 Å². The Hall–Kier alpha value is -1.76. The van der Waals surface area contributed by atoms with Gasteiger partial charge in [-0.2, -0.15) is 0 Å². The van der Waals surface area contributed by atoms with E-state index in [9.17, 15) is 14.7 Å². The first-order valence-corrected chi connectivity index (χ1v) is 8.41. The summed E-state index contributed by atoms with van der Waals surface area (Å²) in [6.07, 6.45) is -0.976. The number of hydrogen-bond donors (Lipinski definition) is 1. The summed E-state index contributed by atoms with van der Waals surface area (Å²) in [6.45, 7) is 6.93. The van der Waals surface area contributed by atoms with Crippen LogP contribution < -0.4 is 4.74 Å². The summed E-state index contributed by atoms with van der Waals surface area (Å²) in [4.78, 5) is 26.7. The number of likely N-dealkylation sites (N-methyl/N-ethyl adjacent to an activating group) is 1. The highest BCUT2D eigenvalue weighted by molar-refractivity contribution is 9.10. The molecule has 1 aromatic rings. The van der Waals surface area contributed by atoms with Gasteiger partial charge in [0.2, 0.25) is 0 Å². The number of carbonyl (C=O) groups is 2. The van der Waals surface area contributed by atoms with Gasteiger partial charge in [0.25, 0.3) is 5.91 Å². The highest BCUT2D eigenvalue weighted by atomic mass is 79.9. The molecule has 134 valence electrons. The molecule has 0 unspecified atom stereocenters. The van der Waals surface area contributed by atoms with Crippen LogP contribution in [0, 0.1) is 5.41 Å². The normalized spacial score (nSPS) is 11.1. The van der Waals surface area contributed by atoms with Gasteiger partial charge in [0.1, 0.15) is 5.75 Å². The molecule has 0 aliphatic rings. The van der Waals surface area contributed by atoms with Gasteiger partial charge in [0, 0.05) is 32.2 Å². The molecule has 6 nitrogen and oxygen atoms in total. The lowest BCUT2D eigenvalue weighted by molar-refractivity contribution is 0.0758. The number of amides is 2. The van der Waals surface area contributed by atoms with Crippen LogP contribution in [0.25, 0.3) is 0 Å². The monoisotopic (exact) mass is 400 g/mol. The van der Waals surface area contributed by atoms with E-state index in [0.29, 0.717) is 24.4 Å². The molecule has 2 amide bonds. The van der Waals surface area contributed by atoms with Gasteiger partial charge in [-0.1, -0.05) is 20.8 Å². The number of nitrogens with zero attached hydrogens (tertiary/aromatic N) is 2. The molecule has 0 spiro atoms. The van der Waals surface area contributed by atoms with Crippen molar-refractivity contribution in [1.29, 1.82) is 0 Å². The van der Waals surface area contributed by atoms with Gasteiger partial charge in [-0.3, -0.25) is 4.79 Å². The maximum atomic E-state index is 12.5. The van der Waals surface area contributed by atoms with E-state index in [2.05, 4.69) is 15.9 Å². The predicted octanol–water partition coefficient (Wildman–Crippen LogP) is 3.56. The standard InChI is InChI=1S/C17H25BrN2O4/c1-17(2,3)11-20(16(22)23)9-8-19(4)15(21)12-6-7-13(18)14(10-12)24-5/h6-7,10H,8-9,11H2,1-5H3,(H,22,23). The molecule has 0 radical (unpaired) electrons. The average molecular weight is 401 g/mol. The van der Waals surface area contributed by atoms with Gasteiger partial charge in [0.15, 0.2) is 0 Å². The zero-order valence-electron chi connectivity index (χ0n) is 14.8. The van der Waals surface area contributed by atoms with Gasteiger partial charge in [-0.15, -0.1) is 0 Å². The van der Waals surface area contributed by atoms with Gasteiger partial charge in [-0.05, 0) is 39.5 Å². The fourth-order valence-corrected chi connectivity index (χ4v) is 2.61. The summed E-state index contributed by atoms with van der Waals surface area (Å²) in [7, 11) is 3.20. The van der Waals surface area contributed by atoms with Gasteiger partial charge in [0.05, 0.1) is 11.6 Å². The largest absolute Gasteiger partial charge is 0.496 e. The second kappa shape index (κ2) is 8.37. The molecule has 1 N–H and O–H groups in total. The fourth-order valence-electron chi connectivity index (χ4n) is 2.20. The SMILES string of the molecule is COc1cc(C(=O)N(C)CCN(CC(C)(C)C)C(=O)O)ccc1Br. The highest BCUT2D eigenvalue weighted by Crippen LogP contribution is 2.26. The Kier molecular flexibility index (Phi) is 7.08. The molecule has 0 fully saturated rings. The number of methoxy groups -OCH3 is 1. The second-order valence-electron chi connectivity index (χ2n) is 6.84. The van der Waals surface area contributed by atoms with Crippen molar-refractivity contribution in [2.75, 3.05) is 33.8 Å². The maximum Gasteiger partial charge on any atom is 0.407 e. The molecule has 0 atom stereocenters. The van der Waals surface area contributed by atoms with E-state index in [0.717, 1.165) is 4.47 Å². The van der Waals surface area contributed by atoms with Gasteiger partial charge in [-0.25, -0.2) is 4.79 Å². The van der Waals surface area contributed by atoms with Crippen LogP contribution in [-0.2, 0) is 0 Å². The van der Waals surface area contributed by atoms with Gasteiger partial charge < -0.3 is 19.6 Å². The maximum absolute atomic E-state index is 12.5. The summed E-state index contributed by atoms with van der Waals surface area (Å²) in [5, 5.41) is 9.30. The first-order chi connectivity index (χ1) is 11.0. The molecule has 24 heavy (non-hydrogen) atoms. The number of carboxylic acid groups (broad SMARTS) is 1. The van der Waals surface area contributed by atoms with Crippen LogP contribution in [0.2, 0.25) is 0 Å².